The lowest BCUT2D eigenvalue weighted by Crippen LogP contribution is -2.41. The van der Waals surface area contributed by atoms with Crippen LogP contribution >= 0.6 is 15.9 Å². The molecule has 1 aliphatic rings. The zero-order valence-electron chi connectivity index (χ0n) is 9.30. The van der Waals surface area contributed by atoms with E-state index >= 15 is 0 Å². The first kappa shape index (κ1) is 14.1. The number of hydrogen-bond donors (Lipinski definition) is 0. The van der Waals surface area contributed by atoms with Crippen molar-refractivity contribution in [3.05, 3.63) is 28.5 Å². The highest BCUT2D eigenvalue weighted by Gasteiger charge is 2.30. The predicted molar refractivity (Wildman–Crippen MR) is 70.7 cm³/mol. The first-order valence-electron chi connectivity index (χ1n) is 5.21. The monoisotopic (exact) mass is 355 g/mol. The topological polar surface area (TPSA) is 54.5 Å². The summed E-state index contributed by atoms with van der Waals surface area (Å²) in [5.41, 5.74) is 0. The average Bonchev–Trinajstić information content (AvgIpc) is 2.29. The molecular weight excluding hydrogens is 345 g/mol. The molecule has 1 heterocycles. The zero-order valence-corrected chi connectivity index (χ0v) is 12.5. The maximum Gasteiger partial charge on any atom is 0.246 e. The molecule has 0 N–H and O–H groups in total. The Morgan fingerprint density at radius 3 is 2.44 bits per heavy atom. The highest BCUT2D eigenvalue weighted by molar-refractivity contribution is 9.10. The van der Waals surface area contributed by atoms with E-state index in [0.717, 1.165) is 6.07 Å². The Morgan fingerprint density at radius 1 is 1.28 bits per heavy atom. The Morgan fingerprint density at radius 2 is 1.89 bits per heavy atom. The van der Waals surface area contributed by atoms with Gasteiger partial charge in [-0.1, -0.05) is 15.9 Å². The van der Waals surface area contributed by atoms with Gasteiger partial charge in [0.25, 0.3) is 0 Å². The summed E-state index contributed by atoms with van der Waals surface area (Å²) in [6.45, 7) is 0.342. The van der Waals surface area contributed by atoms with Crippen molar-refractivity contribution in [2.75, 3.05) is 24.6 Å². The van der Waals surface area contributed by atoms with Crippen LogP contribution in [0, 0.1) is 5.82 Å². The van der Waals surface area contributed by atoms with E-state index < -0.39 is 26.6 Å². The van der Waals surface area contributed by atoms with E-state index in [0.29, 0.717) is 16.0 Å². The fourth-order valence-corrected chi connectivity index (χ4v) is 4.79. The van der Waals surface area contributed by atoms with Gasteiger partial charge in [-0.05, 0) is 18.2 Å². The third-order valence-corrected chi connectivity index (χ3v) is 6.35. The SMILES string of the molecule is O=S1CCN(S(=O)(=O)c2ccc(Br)cc2F)CC1. The van der Waals surface area contributed by atoms with Crippen LogP contribution in [0.3, 0.4) is 0 Å². The predicted octanol–water partition coefficient (Wildman–Crippen LogP) is 1.34. The number of rotatable bonds is 2. The molecular formula is C10H11BrFNO3S2. The molecule has 1 aliphatic heterocycles. The van der Waals surface area contributed by atoms with Gasteiger partial charge in [-0.2, -0.15) is 4.31 Å². The van der Waals surface area contributed by atoms with Crippen molar-refractivity contribution in [2.45, 2.75) is 4.90 Å². The van der Waals surface area contributed by atoms with Crippen LogP contribution in [0.25, 0.3) is 0 Å². The van der Waals surface area contributed by atoms with Crippen molar-refractivity contribution < 1.29 is 17.0 Å². The van der Waals surface area contributed by atoms with E-state index in [9.17, 15) is 17.0 Å². The largest absolute Gasteiger partial charge is 0.259 e. The van der Waals surface area contributed by atoms with Crippen LogP contribution < -0.4 is 0 Å². The maximum absolute atomic E-state index is 13.7. The molecule has 1 aromatic carbocycles. The molecule has 4 nitrogen and oxygen atoms in total. The van der Waals surface area contributed by atoms with Crippen LogP contribution in [0.1, 0.15) is 0 Å². The first-order valence-corrected chi connectivity index (χ1v) is 8.93. The quantitative estimate of drug-likeness (QED) is 0.804. The molecule has 0 spiro atoms. The molecule has 0 unspecified atom stereocenters. The number of benzene rings is 1. The number of nitrogens with zero attached hydrogens (tertiary/aromatic N) is 1. The Bertz CT molecular complexity index is 581. The van der Waals surface area contributed by atoms with Crippen molar-refractivity contribution in [2.24, 2.45) is 0 Å². The van der Waals surface area contributed by atoms with Gasteiger partial charge in [0.05, 0.1) is 0 Å². The summed E-state index contributed by atoms with van der Waals surface area (Å²) in [5, 5.41) is 0. The van der Waals surface area contributed by atoms with Gasteiger partial charge >= 0.3 is 0 Å². The first-order chi connectivity index (χ1) is 8.41. The van der Waals surface area contributed by atoms with E-state index in [1.165, 1.54) is 16.4 Å². The Balaban J connectivity index is 2.33. The molecule has 1 fully saturated rings. The van der Waals surface area contributed by atoms with Gasteiger partial charge in [0.15, 0.2) is 0 Å². The molecule has 0 bridgehead atoms. The van der Waals surface area contributed by atoms with E-state index in [-0.39, 0.29) is 18.0 Å². The Hall–Kier alpha value is -0.310. The van der Waals surface area contributed by atoms with Gasteiger partial charge in [0, 0.05) is 39.9 Å². The molecule has 100 valence electrons. The van der Waals surface area contributed by atoms with Gasteiger partial charge < -0.3 is 0 Å². The summed E-state index contributed by atoms with van der Waals surface area (Å²) in [5.74, 6) is -0.176. The number of hydrogen-bond acceptors (Lipinski definition) is 3. The van der Waals surface area contributed by atoms with Crippen LogP contribution in [-0.4, -0.2) is 41.5 Å². The Labute approximate surface area is 116 Å². The molecule has 0 aromatic heterocycles. The van der Waals surface area contributed by atoms with Crippen LogP contribution in [0.5, 0.6) is 0 Å². The van der Waals surface area contributed by atoms with E-state index in [4.69, 9.17) is 0 Å². The smallest absolute Gasteiger partial charge is 0.246 e. The van der Waals surface area contributed by atoms with Crippen molar-refractivity contribution in [3.8, 4) is 0 Å². The van der Waals surface area contributed by atoms with Crippen molar-refractivity contribution in [3.63, 3.8) is 0 Å². The molecule has 0 amide bonds. The summed E-state index contributed by atoms with van der Waals surface area (Å²) >= 11 is 3.08. The molecule has 8 heteroatoms. The number of halogens is 2. The third-order valence-electron chi connectivity index (χ3n) is 2.65. The van der Waals surface area contributed by atoms with Gasteiger partial charge in [-0.15, -0.1) is 0 Å². The van der Waals surface area contributed by atoms with Gasteiger partial charge in [-0.25, -0.2) is 12.8 Å². The second-order valence-corrected chi connectivity index (χ2v) is 8.35. The molecule has 18 heavy (non-hydrogen) atoms. The fraction of sp³-hybridized carbons (Fsp3) is 0.400. The second kappa shape index (κ2) is 5.36. The molecule has 0 aliphatic carbocycles. The zero-order chi connectivity index (χ0) is 13.3. The molecule has 1 saturated heterocycles. The van der Waals surface area contributed by atoms with E-state index in [2.05, 4.69) is 15.9 Å². The molecule has 2 rings (SSSR count). The van der Waals surface area contributed by atoms with Gasteiger partial charge in [0.2, 0.25) is 10.0 Å². The fourth-order valence-electron chi connectivity index (χ4n) is 1.68. The van der Waals surface area contributed by atoms with Gasteiger partial charge in [-0.3, -0.25) is 4.21 Å². The summed E-state index contributed by atoms with van der Waals surface area (Å²) in [6, 6.07) is 3.84. The van der Waals surface area contributed by atoms with Crippen LogP contribution in [-0.2, 0) is 20.8 Å². The summed E-state index contributed by atoms with van der Waals surface area (Å²) in [6.07, 6.45) is 0. The minimum atomic E-state index is -3.83. The minimum absolute atomic E-state index is 0.171. The molecule has 1 aromatic rings. The standard InChI is InChI=1S/C10H11BrFNO3S2/c11-8-1-2-10(9(12)7-8)18(15,16)13-3-5-17(14)6-4-13/h1-2,7H,3-6H2. The lowest BCUT2D eigenvalue weighted by Gasteiger charge is -2.25. The lowest BCUT2D eigenvalue weighted by molar-refractivity contribution is 0.434. The average molecular weight is 356 g/mol. The summed E-state index contributed by atoms with van der Waals surface area (Å²) in [7, 11) is -4.80. The highest BCUT2D eigenvalue weighted by Crippen LogP contribution is 2.23. The van der Waals surface area contributed by atoms with Crippen LogP contribution in [0.4, 0.5) is 4.39 Å². The van der Waals surface area contributed by atoms with Crippen molar-refractivity contribution in [1.29, 1.82) is 0 Å². The van der Waals surface area contributed by atoms with Crippen molar-refractivity contribution >= 4 is 36.8 Å². The summed E-state index contributed by atoms with van der Waals surface area (Å²) < 4.78 is 50.9. The van der Waals surface area contributed by atoms with Crippen LogP contribution in [0.15, 0.2) is 27.6 Å². The number of sulfonamides is 1. The Kier molecular flexibility index (Phi) is 4.20. The molecule has 0 radical (unpaired) electrons. The molecule has 0 atom stereocenters. The highest BCUT2D eigenvalue weighted by atomic mass is 79.9. The normalized spacial score (nSPS) is 19.0. The second-order valence-electron chi connectivity index (χ2n) is 3.83. The summed E-state index contributed by atoms with van der Waals surface area (Å²) in [4.78, 5) is -0.335. The van der Waals surface area contributed by atoms with Crippen molar-refractivity contribution in [1.82, 2.24) is 4.31 Å². The van der Waals surface area contributed by atoms with E-state index in [1.807, 2.05) is 0 Å². The molecule has 0 saturated carbocycles. The van der Waals surface area contributed by atoms with Crippen LogP contribution in [0.2, 0.25) is 0 Å². The maximum atomic E-state index is 13.7. The van der Waals surface area contributed by atoms with E-state index in [1.54, 1.807) is 0 Å². The minimum Gasteiger partial charge on any atom is -0.259 e. The third kappa shape index (κ3) is 2.81. The lowest BCUT2D eigenvalue weighted by atomic mass is 10.3. The van der Waals surface area contributed by atoms with Gasteiger partial charge in [0.1, 0.15) is 10.7 Å².